The molecule has 2 amide bonds. The smallest absolute Gasteiger partial charge is 0.290 e. The van der Waals surface area contributed by atoms with Crippen molar-refractivity contribution in [2.75, 3.05) is 18.0 Å². The molecule has 0 bridgehead atoms. The first kappa shape index (κ1) is 16.0. The van der Waals surface area contributed by atoms with Crippen LogP contribution >= 0.6 is 11.8 Å². The number of benzene rings is 1. The molecule has 2 aliphatic heterocycles. The van der Waals surface area contributed by atoms with Gasteiger partial charge in [-0.15, -0.1) is 0 Å². The summed E-state index contributed by atoms with van der Waals surface area (Å²) in [7, 11) is 0. The van der Waals surface area contributed by atoms with Crippen LogP contribution in [0.3, 0.4) is 0 Å². The normalized spacial score (nSPS) is 20.5. The minimum absolute atomic E-state index is 0.250. The molecule has 0 unspecified atom stereocenters. The topological polar surface area (TPSA) is 95.4 Å². The second-order valence-corrected chi connectivity index (χ2v) is 7.06. The average molecular weight is 356 g/mol. The Morgan fingerprint density at radius 2 is 2.04 bits per heavy atom. The van der Waals surface area contributed by atoms with E-state index in [1.165, 1.54) is 0 Å². The van der Waals surface area contributed by atoms with Crippen molar-refractivity contribution in [3.63, 3.8) is 0 Å². The number of nitrogens with one attached hydrogen (secondary N) is 1. The number of thioether (sulfide) groups is 1. The minimum atomic E-state index is -0.371. The summed E-state index contributed by atoms with van der Waals surface area (Å²) in [5.41, 5.74) is 1.63. The van der Waals surface area contributed by atoms with Crippen LogP contribution in [0.5, 0.6) is 0 Å². The molecule has 4 rings (SSSR count). The molecule has 8 heteroatoms. The van der Waals surface area contributed by atoms with Crippen LogP contribution in [0.1, 0.15) is 18.4 Å². The largest absolute Gasteiger partial charge is 0.393 e. The number of aliphatic hydroxyl groups excluding tert-OH is 1. The summed E-state index contributed by atoms with van der Waals surface area (Å²) >= 11 is 0.898. The predicted molar refractivity (Wildman–Crippen MR) is 96.1 cm³/mol. The molecule has 2 aromatic rings. The number of nitrogens with zero attached hydrogens (tertiary/aromatic N) is 3. The highest BCUT2D eigenvalue weighted by Gasteiger charge is 2.25. The van der Waals surface area contributed by atoms with Crippen molar-refractivity contribution in [2.24, 2.45) is 0 Å². The fourth-order valence-corrected chi connectivity index (χ4v) is 3.73. The van der Waals surface area contributed by atoms with Crippen molar-refractivity contribution < 1.29 is 14.7 Å². The van der Waals surface area contributed by atoms with E-state index in [9.17, 15) is 14.7 Å². The molecule has 0 radical (unpaired) electrons. The van der Waals surface area contributed by atoms with Crippen molar-refractivity contribution >= 4 is 45.7 Å². The lowest BCUT2D eigenvalue weighted by atomic mass is 10.1. The molecule has 7 nitrogen and oxygen atoms in total. The number of amides is 2. The number of hydrogen-bond donors (Lipinski definition) is 2. The molecule has 1 aromatic carbocycles. The van der Waals surface area contributed by atoms with E-state index in [1.54, 1.807) is 12.4 Å². The first-order valence-electron chi connectivity index (χ1n) is 8.03. The molecular formula is C17H16N4O3S. The maximum atomic E-state index is 11.7. The Bertz CT molecular complexity index is 891. The zero-order valence-corrected chi connectivity index (χ0v) is 14.1. The second-order valence-electron chi connectivity index (χ2n) is 6.04. The molecule has 0 saturated carbocycles. The SMILES string of the molecule is O=C1NC(=O)C(=Cc2ccc3ncnc(N4CCC(O)CC4)c3c2)S1. The van der Waals surface area contributed by atoms with Crippen LogP contribution in [0, 0.1) is 0 Å². The lowest BCUT2D eigenvalue weighted by molar-refractivity contribution is -0.115. The van der Waals surface area contributed by atoms with Crippen molar-refractivity contribution in [3.05, 3.63) is 35.0 Å². The summed E-state index contributed by atoms with van der Waals surface area (Å²) in [5.74, 6) is 0.460. The van der Waals surface area contributed by atoms with Crippen LogP contribution in [0.15, 0.2) is 29.4 Å². The molecule has 0 aliphatic carbocycles. The quantitative estimate of drug-likeness (QED) is 0.794. The summed E-state index contributed by atoms with van der Waals surface area (Å²) in [6.45, 7) is 1.48. The second kappa shape index (κ2) is 6.45. The van der Waals surface area contributed by atoms with Gasteiger partial charge in [0.05, 0.1) is 16.5 Å². The van der Waals surface area contributed by atoms with Gasteiger partial charge in [-0.2, -0.15) is 0 Å². The maximum Gasteiger partial charge on any atom is 0.290 e. The van der Waals surface area contributed by atoms with Crippen LogP contribution in [0.25, 0.3) is 17.0 Å². The maximum absolute atomic E-state index is 11.7. The van der Waals surface area contributed by atoms with E-state index in [-0.39, 0.29) is 17.3 Å². The fraction of sp³-hybridized carbons (Fsp3) is 0.294. The molecule has 2 fully saturated rings. The van der Waals surface area contributed by atoms with E-state index in [2.05, 4.69) is 20.2 Å². The third-order valence-electron chi connectivity index (χ3n) is 4.34. The van der Waals surface area contributed by atoms with Gasteiger partial charge in [0, 0.05) is 18.5 Å². The molecule has 2 aliphatic rings. The van der Waals surface area contributed by atoms with Crippen LogP contribution in [0.2, 0.25) is 0 Å². The van der Waals surface area contributed by atoms with E-state index in [1.807, 2.05) is 18.2 Å². The fourth-order valence-electron chi connectivity index (χ4n) is 3.05. The highest BCUT2D eigenvalue weighted by atomic mass is 32.2. The van der Waals surface area contributed by atoms with Gasteiger partial charge in [0.15, 0.2) is 0 Å². The number of anilines is 1. The van der Waals surface area contributed by atoms with E-state index < -0.39 is 0 Å². The Morgan fingerprint density at radius 1 is 1.24 bits per heavy atom. The molecule has 25 heavy (non-hydrogen) atoms. The van der Waals surface area contributed by atoms with E-state index in [0.29, 0.717) is 17.7 Å². The van der Waals surface area contributed by atoms with Crippen molar-refractivity contribution in [1.82, 2.24) is 15.3 Å². The Hall–Kier alpha value is -2.45. The van der Waals surface area contributed by atoms with Gasteiger partial charge in [-0.25, -0.2) is 9.97 Å². The summed E-state index contributed by atoms with van der Waals surface area (Å²) in [4.78, 5) is 34.3. The standard InChI is InChI=1S/C17H16N4O3S/c22-11-3-5-21(6-4-11)15-12-7-10(1-2-13(12)18-9-19-15)8-14-16(23)20-17(24)25-14/h1-2,7-9,11,22H,3-6H2,(H,20,23,24). The molecule has 3 heterocycles. The van der Waals surface area contributed by atoms with Crippen LogP contribution in [0.4, 0.5) is 10.6 Å². The summed E-state index contributed by atoms with van der Waals surface area (Å²) in [6, 6.07) is 5.67. The first-order chi connectivity index (χ1) is 12.1. The predicted octanol–water partition coefficient (Wildman–Crippen LogP) is 1.91. The number of imide groups is 1. The number of piperidine rings is 1. The van der Waals surface area contributed by atoms with Crippen molar-refractivity contribution in [2.45, 2.75) is 18.9 Å². The van der Waals surface area contributed by atoms with E-state index in [4.69, 9.17) is 0 Å². The van der Waals surface area contributed by atoms with Crippen molar-refractivity contribution in [1.29, 1.82) is 0 Å². The Labute approximate surface area is 148 Å². The van der Waals surface area contributed by atoms with Gasteiger partial charge in [-0.1, -0.05) is 6.07 Å². The lowest BCUT2D eigenvalue weighted by Gasteiger charge is -2.31. The molecule has 1 aromatic heterocycles. The van der Waals surface area contributed by atoms with Crippen LogP contribution < -0.4 is 10.2 Å². The summed E-state index contributed by atoms with van der Waals surface area (Å²) in [6.07, 6.45) is 4.42. The summed E-state index contributed by atoms with van der Waals surface area (Å²) in [5, 5.41) is 12.5. The number of carbonyl (C=O) groups is 2. The van der Waals surface area contributed by atoms with Gasteiger partial charge >= 0.3 is 0 Å². The van der Waals surface area contributed by atoms with E-state index >= 15 is 0 Å². The Morgan fingerprint density at radius 3 is 2.76 bits per heavy atom. The number of hydrogen-bond acceptors (Lipinski definition) is 7. The van der Waals surface area contributed by atoms with Gasteiger partial charge in [0.25, 0.3) is 11.1 Å². The molecule has 2 N–H and O–H groups in total. The number of carbonyl (C=O) groups excluding carboxylic acids is 2. The molecular weight excluding hydrogens is 340 g/mol. The van der Waals surface area contributed by atoms with Gasteiger partial charge in [-0.3, -0.25) is 14.9 Å². The Balaban J connectivity index is 1.72. The number of aromatic nitrogens is 2. The van der Waals surface area contributed by atoms with Crippen LogP contribution in [-0.2, 0) is 4.79 Å². The molecule has 128 valence electrons. The average Bonchev–Trinajstić information content (AvgIpc) is 2.92. The Kier molecular flexibility index (Phi) is 4.14. The van der Waals surface area contributed by atoms with Gasteiger partial charge in [0.2, 0.25) is 0 Å². The highest BCUT2D eigenvalue weighted by Crippen LogP contribution is 2.29. The summed E-state index contributed by atoms with van der Waals surface area (Å²) < 4.78 is 0. The molecule has 0 spiro atoms. The van der Waals surface area contributed by atoms with Crippen molar-refractivity contribution in [3.8, 4) is 0 Å². The lowest BCUT2D eigenvalue weighted by Crippen LogP contribution is -2.36. The monoisotopic (exact) mass is 356 g/mol. The van der Waals surface area contributed by atoms with Gasteiger partial charge in [-0.05, 0) is 48.4 Å². The minimum Gasteiger partial charge on any atom is -0.393 e. The number of rotatable bonds is 2. The van der Waals surface area contributed by atoms with Crippen LogP contribution in [-0.4, -0.2) is 45.4 Å². The molecule has 2 saturated heterocycles. The number of aliphatic hydroxyl groups is 1. The zero-order valence-electron chi connectivity index (χ0n) is 13.3. The van der Waals surface area contributed by atoms with Gasteiger partial charge < -0.3 is 10.0 Å². The number of fused-ring (bicyclic) bond motifs is 1. The molecule has 0 atom stereocenters. The third kappa shape index (κ3) is 3.22. The van der Waals surface area contributed by atoms with E-state index in [0.717, 1.165) is 47.1 Å². The third-order valence-corrected chi connectivity index (χ3v) is 5.15. The zero-order chi connectivity index (χ0) is 17.4. The highest BCUT2D eigenvalue weighted by molar-refractivity contribution is 8.18. The first-order valence-corrected chi connectivity index (χ1v) is 8.84. The van der Waals surface area contributed by atoms with Gasteiger partial charge in [0.1, 0.15) is 12.1 Å².